The van der Waals surface area contributed by atoms with Crippen LogP contribution < -0.4 is 4.74 Å². The third kappa shape index (κ3) is 4.44. The van der Waals surface area contributed by atoms with E-state index in [1.165, 1.54) is 0 Å². The number of aliphatic imine (C=N–C) groups is 1. The quantitative estimate of drug-likeness (QED) is 0.716. The molecule has 1 aliphatic heterocycles. The highest BCUT2D eigenvalue weighted by Crippen LogP contribution is 2.26. The first-order valence-corrected chi connectivity index (χ1v) is 9.83. The van der Waals surface area contributed by atoms with Crippen LogP contribution in [0.4, 0.5) is 5.69 Å². The highest BCUT2D eigenvalue weighted by Gasteiger charge is 2.30. The first kappa shape index (κ1) is 18.0. The number of nitrogens with zero attached hydrogens (tertiary/aromatic N) is 2. The van der Waals surface area contributed by atoms with Gasteiger partial charge in [0.2, 0.25) is 0 Å². The van der Waals surface area contributed by atoms with Crippen LogP contribution in [0.5, 0.6) is 5.75 Å². The number of rotatable bonds is 4. The molecule has 1 aliphatic rings. The third-order valence-corrected chi connectivity index (χ3v) is 5.33. The van der Waals surface area contributed by atoms with E-state index in [4.69, 9.17) is 4.74 Å². The van der Waals surface area contributed by atoms with E-state index in [9.17, 15) is 4.79 Å². The summed E-state index contributed by atoms with van der Waals surface area (Å²) in [6.45, 7) is 4.45. The maximum Gasteiger partial charge on any atom is 0.269 e. The van der Waals surface area contributed by atoms with Gasteiger partial charge in [-0.1, -0.05) is 45.9 Å². The molecule has 2 aromatic carbocycles. The lowest BCUT2D eigenvalue weighted by Crippen LogP contribution is -2.41. The molecular weight excluding hydrogens is 400 g/mol. The summed E-state index contributed by atoms with van der Waals surface area (Å²) in [6.07, 6.45) is -0.568. The Morgan fingerprint density at radius 2 is 1.96 bits per heavy atom. The summed E-state index contributed by atoms with van der Waals surface area (Å²) >= 11 is 4.99. The van der Waals surface area contributed by atoms with Crippen LogP contribution in [0.3, 0.4) is 0 Å². The van der Waals surface area contributed by atoms with E-state index in [1.807, 2.05) is 55.5 Å². The molecule has 2 aromatic rings. The number of hydrogen-bond donors (Lipinski definition) is 0. The number of amides is 1. The number of halogens is 1. The van der Waals surface area contributed by atoms with E-state index in [0.717, 1.165) is 26.6 Å². The molecule has 6 heteroatoms. The van der Waals surface area contributed by atoms with Crippen LogP contribution in [0.15, 0.2) is 58.0 Å². The second-order valence-electron chi connectivity index (χ2n) is 5.73. The van der Waals surface area contributed by atoms with Crippen molar-refractivity contribution in [3.05, 3.63) is 58.6 Å². The third-order valence-electron chi connectivity index (χ3n) is 3.85. The molecule has 0 aromatic heterocycles. The molecule has 1 amide bonds. The van der Waals surface area contributed by atoms with Crippen molar-refractivity contribution in [2.24, 2.45) is 4.99 Å². The molecule has 1 fully saturated rings. The zero-order valence-electron chi connectivity index (χ0n) is 14.1. The lowest BCUT2D eigenvalue weighted by Gasteiger charge is -2.21. The van der Waals surface area contributed by atoms with Gasteiger partial charge in [-0.05, 0) is 49.7 Å². The van der Waals surface area contributed by atoms with Crippen LogP contribution in [0.25, 0.3) is 0 Å². The van der Waals surface area contributed by atoms with Gasteiger partial charge >= 0.3 is 0 Å². The van der Waals surface area contributed by atoms with Crippen LogP contribution in [0, 0.1) is 6.92 Å². The predicted molar refractivity (Wildman–Crippen MR) is 107 cm³/mol. The standard InChI is InChI=1S/C19H19BrN2O2S/c1-13-5-3-4-6-17(13)21-19-22(11-12-25-19)18(23)14(2)24-16-9-7-15(20)8-10-16/h3-10,14H,11-12H2,1-2H3/t14-/m0/s1. The highest BCUT2D eigenvalue weighted by atomic mass is 79.9. The topological polar surface area (TPSA) is 41.9 Å². The Hall–Kier alpha value is -1.79. The fourth-order valence-electron chi connectivity index (χ4n) is 2.48. The predicted octanol–water partition coefficient (Wildman–Crippen LogP) is 4.79. The monoisotopic (exact) mass is 418 g/mol. The molecule has 1 atom stereocenters. The zero-order valence-corrected chi connectivity index (χ0v) is 16.5. The molecule has 0 aliphatic carbocycles. The first-order chi connectivity index (χ1) is 12.0. The molecule has 1 saturated heterocycles. The highest BCUT2D eigenvalue weighted by molar-refractivity contribution is 9.10. The van der Waals surface area contributed by atoms with Gasteiger partial charge < -0.3 is 4.74 Å². The smallest absolute Gasteiger partial charge is 0.269 e. The van der Waals surface area contributed by atoms with Gasteiger partial charge in [0, 0.05) is 16.8 Å². The molecular formula is C19H19BrN2O2S. The van der Waals surface area contributed by atoms with Crippen LogP contribution >= 0.6 is 27.7 Å². The molecule has 0 radical (unpaired) electrons. The number of amidine groups is 1. The first-order valence-electron chi connectivity index (χ1n) is 8.05. The molecule has 3 rings (SSSR count). The van der Waals surface area contributed by atoms with E-state index >= 15 is 0 Å². The van der Waals surface area contributed by atoms with Crippen LogP contribution in [-0.4, -0.2) is 34.4 Å². The molecule has 1 heterocycles. The van der Waals surface area contributed by atoms with Crippen molar-refractivity contribution < 1.29 is 9.53 Å². The number of carbonyl (C=O) groups excluding carboxylic acids is 1. The minimum Gasteiger partial charge on any atom is -0.481 e. The molecule has 0 spiro atoms. The van der Waals surface area contributed by atoms with Crippen molar-refractivity contribution in [3.63, 3.8) is 0 Å². The number of aryl methyl sites for hydroxylation is 1. The van der Waals surface area contributed by atoms with Crippen molar-refractivity contribution in [1.82, 2.24) is 4.90 Å². The van der Waals surface area contributed by atoms with E-state index in [0.29, 0.717) is 12.3 Å². The summed E-state index contributed by atoms with van der Waals surface area (Å²) in [5.74, 6) is 1.45. The van der Waals surface area contributed by atoms with Gasteiger partial charge in [-0.3, -0.25) is 9.69 Å². The minimum atomic E-state index is -0.568. The van der Waals surface area contributed by atoms with Crippen molar-refractivity contribution in [3.8, 4) is 5.75 Å². The summed E-state index contributed by atoms with van der Waals surface area (Å²) in [5.41, 5.74) is 1.99. The number of hydrogen-bond acceptors (Lipinski definition) is 4. The molecule has 0 bridgehead atoms. The van der Waals surface area contributed by atoms with E-state index in [-0.39, 0.29) is 5.91 Å². The summed E-state index contributed by atoms with van der Waals surface area (Å²) in [7, 11) is 0. The summed E-state index contributed by atoms with van der Waals surface area (Å²) in [5, 5.41) is 0.741. The normalized spacial score (nSPS) is 16.9. The molecule has 25 heavy (non-hydrogen) atoms. The number of thioether (sulfide) groups is 1. The van der Waals surface area contributed by atoms with Crippen LogP contribution in [0.2, 0.25) is 0 Å². The van der Waals surface area contributed by atoms with Crippen LogP contribution in [0.1, 0.15) is 12.5 Å². The van der Waals surface area contributed by atoms with Gasteiger partial charge in [-0.25, -0.2) is 4.99 Å². The number of carbonyl (C=O) groups is 1. The average molecular weight is 419 g/mol. The Bertz CT molecular complexity index is 792. The molecule has 0 unspecified atom stereocenters. The summed E-state index contributed by atoms with van der Waals surface area (Å²) < 4.78 is 6.76. The lowest BCUT2D eigenvalue weighted by atomic mass is 10.2. The molecule has 130 valence electrons. The van der Waals surface area contributed by atoms with E-state index in [1.54, 1.807) is 23.6 Å². The van der Waals surface area contributed by atoms with Gasteiger partial charge in [0.15, 0.2) is 11.3 Å². The maximum atomic E-state index is 12.8. The van der Waals surface area contributed by atoms with Gasteiger partial charge in [-0.2, -0.15) is 0 Å². The summed E-state index contributed by atoms with van der Waals surface area (Å²) in [6, 6.07) is 15.4. The zero-order chi connectivity index (χ0) is 17.8. The Balaban J connectivity index is 1.74. The lowest BCUT2D eigenvalue weighted by molar-refractivity contribution is -0.133. The van der Waals surface area contributed by atoms with Crippen molar-refractivity contribution in [2.45, 2.75) is 20.0 Å². The summed E-state index contributed by atoms with van der Waals surface area (Å²) in [4.78, 5) is 19.2. The SMILES string of the molecule is Cc1ccccc1N=C1SCCN1C(=O)[C@H](C)Oc1ccc(Br)cc1. The largest absolute Gasteiger partial charge is 0.481 e. The molecule has 0 N–H and O–H groups in total. The van der Waals surface area contributed by atoms with Crippen molar-refractivity contribution in [1.29, 1.82) is 0 Å². The van der Waals surface area contributed by atoms with Crippen LogP contribution in [-0.2, 0) is 4.79 Å². The van der Waals surface area contributed by atoms with Crippen molar-refractivity contribution in [2.75, 3.05) is 12.3 Å². The Kier molecular flexibility index (Phi) is 5.81. The number of benzene rings is 2. The maximum absolute atomic E-state index is 12.8. The van der Waals surface area contributed by atoms with Gasteiger partial charge in [0.05, 0.1) is 5.69 Å². The Labute approximate surface area is 160 Å². The average Bonchev–Trinajstić information content (AvgIpc) is 3.06. The minimum absolute atomic E-state index is 0.0692. The number of ether oxygens (including phenoxy) is 1. The fourth-order valence-corrected chi connectivity index (χ4v) is 3.70. The van der Waals surface area contributed by atoms with E-state index < -0.39 is 6.10 Å². The van der Waals surface area contributed by atoms with Gasteiger partial charge in [0.1, 0.15) is 5.75 Å². The molecule has 4 nitrogen and oxygen atoms in total. The second-order valence-corrected chi connectivity index (χ2v) is 7.71. The van der Waals surface area contributed by atoms with Crippen molar-refractivity contribution >= 4 is 44.5 Å². The molecule has 0 saturated carbocycles. The Morgan fingerprint density at radius 3 is 2.68 bits per heavy atom. The Morgan fingerprint density at radius 1 is 1.24 bits per heavy atom. The van der Waals surface area contributed by atoms with Gasteiger partial charge in [0.25, 0.3) is 5.91 Å². The fraction of sp³-hybridized carbons (Fsp3) is 0.263. The number of para-hydroxylation sites is 1. The van der Waals surface area contributed by atoms with Gasteiger partial charge in [-0.15, -0.1) is 0 Å². The second kappa shape index (κ2) is 8.06. The van der Waals surface area contributed by atoms with E-state index in [2.05, 4.69) is 20.9 Å².